The molecule has 1 heterocycles. The normalized spacial score (nSPS) is 18.5. The molecule has 1 amide bonds. The lowest BCUT2D eigenvalue weighted by molar-refractivity contribution is 0.102. The van der Waals surface area contributed by atoms with Crippen molar-refractivity contribution in [3.05, 3.63) is 59.9 Å². The Labute approximate surface area is 152 Å². The Kier molecular flexibility index (Phi) is 5.38. The lowest BCUT2D eigenvalue weighted by Gasteiger charge is -2.32. The number of nitrogens with one attached hydrogen (secondary N) is 1. The van der Waals surface area contributed by atoms with Gasteiger partial charge in [0.15, 0.2) is 0 Å². The van der Waals surface area contributed by atoms with Gasteiger partial charge in [-0.05, 0) is 62.2 Å². The SMILES string of the molecule is C[C@H]1CCCCN1S(=O)(=O)c1ccc(C(=O)Nc2cccc(F)c2)cc1. The summed E-state index contributed by atoms with van der Waals surface area (Å²) in [5, 5.41) is 2.59. The number of anilines is 1. The molecule has 1 N–H and O–H groups in total. The first-order chi connectivity index (χ1) is 12.4. The fourth-order valence-corrected chi connectivity index (χ4v) is 4.81. The monoisotopic (exact) mass is 376 g/mol. The Morgan fingerprint density at radius 1 is 1.15 bits per heavy atom. The number of benzene rings is 2. The quantitative estimate of drug-likeness (QED) is 0.886. The highest BCUT2D eigenvalue weighted by Crippen LogP contribution is 2.25. The van der Waals surface area contributed by atoms with Crippen molar-refractivity contribution in [3.63, 3.8) is 0 Å². The average molecular weight is 376 g/mol. The topological polar surface area (TPSA) is 66.5 Å². The van der Waals surface area contributed by atoms with Gasteiger partial charge in [-0.3, -0.25) is 4.79 Å². The van der Waals surface area contributed by atoms with Crippen molar-refractivity contribution >= 4 is 21.6 Å². The first-order valence-electron chi connectivity index (χ1n) is 8.57. The van der Waals surface area contributed by atoms with Crippen LogP contribution in [0.25, 0.3) is 0 Å². The standard InChI is InChI=1S/C19H21FN2O3S/c1-14-5-2-3-12-22(14)26(24,25)18-10-8-15(9-11-18)19(23)21-17-7-4-6-16(20)13-17/h4,6-11,13-14H,2-3,5,12H2,1H3,(H,21,23)/t14-/m0/s1. The molecule has 138 valence electrons. The van der Waals surface area contributed by atoms with E-state index < -0.39 is 21.7 Å². The molecule has 0 unspecified atom stereocenters. The smallest absolute Gasteiger partial charge is 0.255 e. The van der Waals surface area contributed by atoms with Crippen molar-refractivity contribution in [2.45, 2.75) is 37.1 Å². The van der Waals surface area contributed by atoms with E-state index in [4.69, 9.17) is 0 Å². The second-order valence-electron chi connectivity index (χ2n) is 6.45. The van der Waals surface area contributed by atoms with Crippen LogP contribution in [-0.2, 0) is 10.0 Å². The molecule has 1 aliphatic rings. The van der Waals surface area contributed by atoms with Gasteiger partial charge in [-0.2, -0.15) is 4.31 Å². The van der Waals surface area contributed by atoms with E-state index in [0.717, 1.165) is 19.3 Å². The van der Waals surface area contributed by atoms with Crippen LogP contribution < -0.4 is 5.32 Å². The van der Waals surface area contributed by atoms with E-state index >= 15 is 0 Å². The minimum atomic E-state index is -3.57. The van der Waals surface area contributed by atoms with Gasteiger partial charge in [-0.1, -0.05) is 12.5 Å². The summed E-state index contributed by atoms with van der Waals surface area (Å²) in [6.45, 7) is 2.43. The molecule has 0 bridgehead atoms. The number of piperidine rings is 1. The Balaban J connectivity index is 1.76. The van der Waals surface area contributed by atoms with E-state index in [9.17, 15) is 17.6 Å². The number of amides is 1. The average Bonchev–Trinajstić information content (AvgIpc) is 2.62. The van der Waals surface area contributed by atoms with Gasteiger partial charge in [0.25, 0.3) is 5.91 Å². The van der Waals surface area contributed by atoms with E-state index in [0.29, 0.717) is 17.8 Å². The number of rotatable bonds is 4. The van der Waals surface area contributed by atoms with Crippen LogP contribution in [0.3, 0.4) is 0 Å². The third-order valence-corrected chi connectivity index (χ3v) is 6.58. The third-order valence-electron chi connectivity index (χ3n) is 4.55. The van der Waals surface area contributed by atoms with Gasteiger partial charge < -0.3 is 5.32 Å². The second-order valence-corrected chi connectivity index (χ2v) is 8.34. The van der Waals surface area contributed by atoms with E-state index in [1.54, 1.807) is 6.07 Å². The highest BCUT2D eigenvalue weighted by molar-refractivity contribution is 7.89. The van der Waals surface area contributed by atoms with Crippen LogP contribution >= 0.6 is 0 Å². The molecule has 0 spiro atoms. The number of carbonyl (C=O) groups excluding carboxylic acids is 1. The van der Waals surface area contributed by atoms with Crippen molar-refractivity contribution in [2.24, 2.45) is 0 Å². The van der Waals surface area contributed by atoms with Crippen molar-refractivity contribution in [3.8, 4) is 0 Å². The minimum Gasteiger partial charge on any atom is -0.322 e. The Morgan fingerprint density at radius 2 is 1.88 bits per heavy atom. The van der Waals surface area contributed by atoms with Crippen LogP contribution in [-0.4, -0.2) is 31.2 Å². The highest BCUT2D eigenvalue weighted by atomic mass is 32.2. The molecule has 3 rings (SSSR count). The molecule has 1 atom stereocenters. The van der Waals surface area contributed by atoms with Crippen LogP contribution in [0, 0.1) is 5.82 Å². The molecule has 0 aromatic heterocycles. The number of hydrogen-bond acceptors (Lipinski definition) is 3. The number of carbonyl (C=O) groups is 1. The maximum Gasteiger partial charge on any atom is 0.255 e. The van der Waals surface area contributed by atoms with E-state index in [2.05, 4.69) is 5.32 Å². The Bertz CT molecular complexity index is 897. The predicted octanol–water partition coefficient (Wildman–Crippen LogP) is 3.64. The summed E-state index contributed by atoms with van der Waals surface area (Å²) < 4.78 is 40.3. The Hall–Kier alpha value is -2.25. The molecule has 0 radical (unpaired) electrons. The molecule has 7 heteroatoms. The van der Waals surface area contributed by atoms with Crippen molar-refractivity contribution in [1.29, 1.82) is 0 Å². The van der Waals surface area contributed by atoms with Crippen molar-refractivity contribution in [2.75, 3.05) is 11.9 Å². The summed E-state index contributed by atoms with van der Waals surface area (Å²) in [7, 11) is -3.57. The first kappa shape index (κ1) is 18.5. The summed E-state index contributed by atoms with van der Waals surface area (Å²) in [5.74, 6) is -0.870. The first-order valence-corrected chi connectivity index (χ1v) is 10.0. The van der Waals surface area contributed by atoms with E-state index in [1.165, 1.54) is 46.8 Å². The molecule has 2 aromatic carbocycles. The summed E-state index contributed by atoms with van der Waals surface area (Å²) in [4.78, 5) is 12.4. The van der Waals surface area contributed by atoms with Gasteiger partial charge in [-0.25, -0.2) is 12.8 Å². The fraction of sp³-hybridized carbons (Fsp3) is 0.316. The van der Waals surface area contributed by atoms with Crippen LogP contribution in [0.4, 0.5) is 10.1 Å². The van der Waals surface area contributed by atoms with Crippen LogP contribution in [0.1, 0.15) is 36.5 Å². The highest BCUT2D eigenvalue weighted by Gasteiger charge is 2.30. The van der Waals surface area contributed by atoms with Gasteiger partial charge in [0.2, 0.25) is 10.0 Å². The molecular formula is C19H21FN2O3S. The molecule has 1 aliphatic heterocycles. The van der Waals surface area contributed by atoms with Crippen LogP contribution in [0.5, 0.6) is 0 Å². The summed E-state index contributed by atoms with van der Waals surface area (Å²) in [6, 6.07) is 11.4. The van der Waals surface area contributed by atoms with Gasteiger partial charge >= 0.3 is 0 Å². The van der Waals surface area contributed by atoms with Crippen molar-refractivity contribution in [1.82, 2.24) is 4.31 Å². The van der Waals surface area contributed by atoms with Gasteiger partial charge in [0.1, 0.15) is 5.82 Å². The fourth-order valence-electron chi connectivity index (χ4n) is 3.11. The van der Waals surface area contributed by atoms with Gasteiger partial charge in [0.05, 0.1) is 4.90 Å². The maximum atomic E-state index is 13.2. The zero-order chi connectivity index (χ0) is 18.7. The largest absolute Gasteiger partial charge is 0.322 e. The zero-order valence-corrected chi connectivity index (χ0v) is 15.3. The predicted molar refractivity (Wildman–Crippen MR) is 98.0 cm³/mol. The van der Waals surface area contributed by atoms with E-state index in [-0.39, 0.29) is 10.9 Å². The molecule has 5 nitrogen and oxygen atoms in total. The molecule has 0 aliphatic carbocycles. The Morgan fingerprint density at radius 3 is 2.54 bits per heavy atom. The molecule has 0 saturated carbocycles. The second kappa shape index (κ2) is 7.55. The third kappa shape index (κ3) is 3.94. The molecule has 1 fully saturated rings. The summed E-state index contributed by atoms with van der Waals surface area (Å²) in [6.07, 6.45) is 2.75. The number of sulfonamides is 1. The van der Waals surface area contributed by atoms with E-state index in [1.807, 2.05) is 6.92 Å². The van der Waals surface area contributed by atoms with Crippen LogP contribution in [0.2, 0.25) is 0 Å². The lowest BCUT2D eigenvalue weighted by atomic mass is 10.1. The number of halogens is 1. The van der Waals surface area contributed by atoms with Gasteiger partial charge in [0, 0.05) is 23.8 Å². The summed E-state index contributed by atoms with van der Waals surface area (Å²) in [5.41, 5.74) is 0.647. The zero-order valence-electron chi connectivity index (χ0n) is 14.5. The molecule has 2 aromatic rings. The molecule has 1 saturated heterocycles. The van der Waals surface area contributed by atoms with Crippen molar-refractivity contribution < 1.29 is 17.6 Å². The van der Waals surface area contributed by atoms with Gasteiger partial charge in [-0.15, -0.1) is 0 Å². The maximum absolute atomic E-state index is 13.2. The number of hydrogen-bond donors (Lipinski definition) is 1. The van der Waals surface area contributed by atoms with Crippen LogP contribution in [0.15, 0.2) is 53.4 Å². The lowest BCUT2D eigenvalue weighted by Crippen LogP contribution is -2.41. The number of nitrogens with zero attached hydrogens (tertiary/aromatic N) is 1. The summed E-state index contributed by atoms with van der Waals surface area (Å²) >= 11 is 0. The molecular weight excluding hydrogens is 355 g/mol. The molecule has 26 heavy (non-hydrogen) atoms. The minimum absolute atomic E-state index is 0.0234.